The van der Waals surface area contributed by atoms with Crippen molar-refractivity contribution in [2.24, 2.45) is 5.92 Å². The van der Waals surface area contributed by atoms with E-state index in [2.05, 4.69) is 6.92 Å². The molecule has 1 fully saturated rings. The van der Waals surface area contributed by atoms with Gasteiger partial charge >= 0.3 is 5.97 Å². The largest absolute Gasteiger partial charge is 0.478 e. The molecule has 0 heterocycles. The molecule has 14 heavy (non-hydrogen) atoms. The third kappa shape index (κ3) is 1.79. The smallest absolute Gasteiger partial charge is 0.335 e. The molecule has 0 radical (unpaired) electrons. The summed E-state index contributed by atoms with van der Waals surface area (Å²) in [5.41, 5.74) is 1.56. The van der Waals surface area contributed by atoms with Crippen LogP contribution in [0.15, 0.2) is 24.3 Å². The molecule has 2 nitrogen and oxygen atoms in total. The molecule has 0 spiro atoms. The zero-order chi connectivity index (χ0) is 10.1. The minimum absolute atomic E-state index is 0.398. The fourth-order valence-corrected chi connectivity index (χ4v) is 1.82. The molecule has 2 heteroatoms. The minimum atomic E-state index is -0.838. The van der Waals surface area contributed by atoms with E-state index in [1.54, 1.807) is 12.1 Å². The predicted molar refractivity (Wildman–Crippen MR) is 54.5 cm³/mol. The molecule has 1 aromatic carbocycles. The van der Waals surface area contributed by atoms with Gasteiger partial charge in [-0.15, -0.1) is 0 Å². The minimum Gasteiger partial charge on any atom is -0.478 e. The molecule has 1 N–H and O–H groups in total. The Morgan fingerprint density at radius 1 is 1.50 bits per heavy atom. The van der Waals surface area contributed by atoms with Gasteiger partial charge in [-0.25, -0.2) is 4.79 Å². The van der Waals surface area contributed by atoms with E-state index in [0.717, 1.165) is 11.5 Å². The van der Waals surface area contributed by atoms with Crippen molar-refractivity contribution in [2.45, 2.75) is 25.7 Å². The van der Waals surface area contributed by atoms with Gasteiger partial charge in [-0.2, -0.15) is 0 Å². The summed E-state index contributed by atoms with van der Waals surface area (Å²) in [6.45, 7) is 2.18. The van der Waals surface area contributed by atoms with Crippen molar-refractivity contribution in [3.8, 4) is 0 Å². The Balaban J connectivity index is 2.24. The van der Waals surface area contributed by atoms with Crippen molar-refractivity contribution in [3.05, 3.63) is 35.4 Å². The number of benzene rings is 1. The van der Waals surface area contributed by atoms with Crippen molar-refractivity contribution < 1.29 is 9.90 Å². The molecule has 0 aliphatic heterocycles. The van der Waals surface area contributed by atoms with Crippen LogP contribution in [0.2, 0.25) is 0 Å². The number of rotatable bonds is 3. The standard InChI is InChI=1S/C12H14O2/c1-8(9-5-6-9)10-3-2-4-11(7-10)12(13)14/h2-4,7-9H,5-6H2,1H3,(H,13,14). The van der Waals surface area contributed by atoms with Crippen LogP contribution in [-0.2, 0) is 0 Å². The zero-order valence-electron chi connectivity index (χ0n) is 8.23. The van der Waals surface area contributed by atoms with E-state index in [9.17, 15) is 4.79 Å². The van der Waals surface area contributed by atoms with Crippen LogP contribution < -0.4 is 0 Å². The van der Waals surface area contributed by atoms with Crippen LogP contribution >= 0.6 is 0 Å². The van der Waals surface area contributed by atoms with Gasteiger partial charge in [0.1, 0.15) is 0 Å². The fourth-order valence-electron chi connectivity index (χ4n) is 1.82. The summed E-state index contributed by atoms with van der Waals surface area (Å²) in [5.74, 6) is 0.447. The van der Waals surface area contributed by atoms with Crippen LogP contribution in [0.5, 0.6) is 0 Å². The molecular formula is C12H14O2. The highest BCUT2D eigenvalue weighted by atomic mass is 16.4. The summed E-state index contributed by atoms with van der Waals surface area (Å²) in [6, 6.07) is 7.30. The first-order valence-corrected chi connectivity index (χ1v) is 5.01. The highest BCUT2D eigenvalue weighted by molar-refractivity contribution is 5.87. The lowest BCUT2D eigenvalue weighted by Crippen LogP contribution is -2.00. The van der Waals surface area contributed by atoms with Gasteiger partial charge in [0.2, 0.25) is 0 Å². The fraction of sp³-hybridized carbons (Fsp3) is 0.417. The van der Waals surface area contributed by atoms with E-state index in [0.29, 0.717) is 11.5 Å². The topological polar surface area (TPSA) is 37.3 Å². The first-order chi connectivity index (χ1) is 6.68. The van der Waals surface area contributed by atoms with Gasteiger partial charge in [0, 0.05) is 0 Å². The Labute approximate surface area is 83.6 Å². The molecule has 1 aliphatic carbocycles. The lowest BCUT2D eigenvalue weighted by Gasteiger charge is -2.10. The molecule has 1 atom stereocenters. The molecule has 0 saturated heterocycles. The van der Waals surface area contributed by atoms with Crippen LogP contribution in [0.4, 0.5) is 0 Å². The maximum Gasteiger partial charge on any atom is 0.335 e. The normalized spacial score (nSPS) is 17.8. The van der Waals surface area contributed by atoms with Gasteiger partial charge in [-0.05, 0) is 42.4 Å². The van der Waals surface area contributed by atoms with Gasteiger partial charge in [0.05, 0.1) is 5.56 Å². The van der Waals surface area contributed by atoms with E-state index in [4.69, 9.17) is 5.11 Å². The molecule has 1 unspecified atom stereocenters. The summed E-state index contributed by atoms with van der Waals surface area (Å²) in [7, 11) is 0. The lowest BCUT2D eigenvalue weighted by atomic mass is 9.95. The Bertz CT molecular complexity index is 353. The van der Waals surface area contributed by atoms with Crippen LogP contribution in [0.25, 0.3) is 0 Å². The molecule has 0 bridgehead atoms. The highest BCUT2D eigenvalue weighted by Gasteiger charge is 2.28. The second-order valence-corrected chi connectivity index (χ2v) is 4.06. The Morgan fingerprint density at radius 2 is 2.21 bits per heavy atom. The van der Waals surface area contributed by atoms with Crippen molar-refractivity contribution in [3.63, 3.8) is 0 Å². The van der Waals surface area contributed by atoms with Gasteiger partial charge < -0.3 is 5.11 Å². The molecule has 1 aliphatic rings. The van der Waals surface area contributed by atoms with Gasteiger partial charge in [-0.1, -0.05) is 19.1 Å². The van der Waals surface area contributed by atoms with E-state index in [1.165, 1.54) is 12.8 Å². The number of aromatic carboxylic acids is 1. The lowest BCUT2D eigenvalue weighted by molar-refractivity contribution is 0.0696. The number of hydrogen-bond donors (Lipinski definition) is 1. The average Bonchev–Trinajstić information content (AvgIpc) is 3.00. The second kappa shape index (κ2) is 3.45. The summed E-state index contributed by atoms with van der Waals surface area (Å²) >= 11 is 0. The maximum absolute atomic E-state index is 10.8. The van der Waals surface area contributed by atoms with Crippen LogP contribution in [-0.4, -0.2) is 11.1 Å². The van der Waals surface area contributed by atoms with Crippen molar-refractivity contribution >= 4 is 5.97 Å². The average molecular weight is 190 g/mol. The molecule has 74 valence electrons. The number of hydrogen-bond acceptors (Lipinski definition) is 1. The van der Waals surface area contributed by atoms with Crippen molar-refractivity contribution in [1.29, 1.82) is 0 Å². The van der Waals surface area contributed by atoms with E-state index >= 15 is 0 Å². The Morgan fingerprint density at radius 3 is 2.79 bits per heavy atom. The van der Waals surface area contributed by atoms with Crippen molar-refractivity contribution in [2.75, 3.05) is 0 Å². The first kappa shape index (κ1) is 9.25. The quantitative estimate of drug-likeness (QED) is 0.795. The Kier molecular flexibility index (Phi) is 2.28. The maximum atomic E-state index is 10.8. The summed E-state index contributed by atoms with van der Waals surface area (Å²) in [6.07, 6.45) is 2.58. The highest BCUT2D eigenvalue weighted by Crippen LogP contribution is 2.42. The predicted octanol–water partition coefficient (Wildman–Crippen LogP) is 2.90. The van der Waals surface area contributed by atoms with E-state index < -0.39 is 5.97 Å². The van der Waals surface area contributed by atoms with E-state index in [1.807, 2.05) is 12.1 Å². The third-order valence-corrected chi connectivity index (χ3v) is 2.99. The summed E-state index contributed by atoms with van der Waals surface area (Å²) in [5, 5.41) is 8.85. The first-order valence-electron chi connectivity index (χ1n) is 5.01. The Hall–Kier alpha value is -1.31. The number of carboxylic acid groups (broad SMARTS) is 1. The molecular weight excluding hydrogens is 176 g/mol. The molecule has 2 rings (SSSR count). The van der Waals surface area contributed by atoms with Crippen LogP contribution in [0.1, 0.15) is 41.6 Å². The summed E-state index contributed by atoms with van der Waals surface area (Å²) in [4.78, 5) is 10.8. The van der Waals surface area contributed by atoms with Crippen LogP contribution in [0.3, 0.4) is 0 Å². The zero-order valence-corrected chi connectivity index (χ0v) is 8.23. The number of carboxylic acids is 1. The van der Waals surface area contributed by atoms with Gasteiger partial charge in [0.15, 0.2) is 0 Å². The third-order valence-electron chi connectivity index (χ3n) is 2.99. The molecule has 1 saturated carbocycles. The van der Waals surface area contributed by atoms with Crippen LogP contribution in [0, 0.1) is 5.92 Å². The van der Waals surface area contributed by atoms with Crippen molar-refractivity contribution in [1.82, 2.24) is 0 Å². The molecule has 1 aromatic rings. The van der Waals surface area contributed by atoms with Gasteiger partial charge in [0.25, 0.3) is 0 Å². The van der Waals surface area contributed by atoms with E-state index in [-0.39, 0.29) is 0 Å². The van der Waals surface area contributed by atoms with Gasteiger partial charge in [-0.3, -0.25) is 0 Å². The molecule has 0 amide bonds. The second-order valence-electron chi connectivity index (χ2n) is 4.06. The monoisotopic (exact) mass is 190 g/mol. The number of carbonyl (C=O) groups is 1. The molecule has 0 aromatic heterocycles. The SMILES string of the molecule is CC(c1cccc(C(=O)O)c1)C1CC1. The summed E-state index contributed by atoms with van der Waals surface area (Å²) < 4.78 is 0.